The third-order valence-corrected chi connectivity index (χ3v) is 10.8. The number of thiazole rings is 1. The Morgan fingerprint density at radius 1 is 0.471 bits per heavy atom. The number of furan rings is 1. The summed E-state index contributed by atoms with van der Waals surface area (Å²) < 4.78 is 7.70. The first-order valence-corrected chi connectivity index (χ1v) is 17.9. The second-order valence-electron chi connectivity index (χ2n) is 12.8. The lowest BCUT2D eigenvalue weighted by Gasteiger charge is -2.26. The maximum absolute atomic E-state index is 6.59. The highest BCUT2D eigenvalue weighted by molar-refractivity contribution is 7.21. The van der Waals surface area contributed by atoms with Crippen LogP contribution >= 0.6 is 11.3 Å². The SMILES string of the molecule is c1ccc(-c2ccc(N(c3ccc(-c4cccc5ccccc45)cc3)c3cccc4oc5cc6sc(-c7ccccc7)nc6cc5c34)cc2)cc1. The monoisotopic (exact) mass is 670 g/mol. The van der Waals surface area contributed by atoms with Gasteiger partial charge in [0.1, 0.15) is 16.2 Å². The van der Waals surface area contributed by atoms with Gasteiger partial charge in [0.2, 0.25) is 0 Å². The van der Waals surface area contributed by atoms with Gasteiger partial charge in [-0.1, -0.05) is 133 Å². The molecule has 240 valence electrons. The molecular weight excluding hydrogens is 641 g/mol. The molecule has 0 aliphatic heterocycles. The molecule has 0 aliphatic rings. The molecule has 0 atom stereocenters. The number of anilines is 3. The van der Waals surface area contributed by atoms with Gasteiger partial charge in [-0.15, -0.1) is 11.3 Å². The number of aromatic nitrogens is 1. The van der Waals surface area contributed by atoms with Crippen molar-refractivity contribution in [2.24, 2.45) is 0 Å². The number of hydrogen-bond donors (Lipinski definition) is 0. The van der Waals surface area contributed by atoms with Crippen LogP contribution in [0.1, 0.15) is 0 Å². The highest BCUT2D eigenvalue weighted by Crippen LogP contribution is 2.45. The van der Waals surface area contributed by atoms with Crippen LogP contribution in [0.3, 0.4) is 0 Å². The molecule has 0 bridgehead atoms. The molecule has 0 saturated carbocycles. The van der Waals surface area contributed by atoms with E-state index in [4.69, 9.17) is 9.40 Å². The number of fused-ring (bicyclic) bond motifs is 5. The molecule has 0 N–H and O–H groups in total. The lowest BCUT2D eigenvalue weighted by Crippen LogP contribution is -2.10. The Kier molecular flexibility index (Phi) is 7.00. The maximum Gasteiger partial charge on any atom is 0.137 e. The minimum Gasteiger partial charge on any atom is -0.456 e. The molecule has 0 radical (unpaired) electrons. The van der Waals surface area contributed by atoms with Crippen molar-refractivity contribution in [1.29, 1.82) is 0 Å². The van der Waals surface area contributed by atoms with Crippen LogP contribution in [0.4, 0.5) is 17.1 Å². The Bertz CT molecular complexity index is 2830. The van der Waals surface area contributed by atoms with Crippen LogP contribution in [0.5, 0.6) is 0 Å². The summed E-state index contributed by atoms with van der Waals surface area (Å²) in [4.78, 5) is 7.42. The van der Waals surface area contributed by atoms with Crippen LogP contribution in [0.25, 0.3) is 75.8 Å². The summed E-state index contributed by atoms with van der Waals surface area (Å²) in [5, 5.41) is 5.61. The topological polar surface area (TPSA) is 29.3 Å². The van der Waals surface area contributed by atoms with Crippen molar-refractivity contribution in [2.45, 2.75) is 0 Å². The minimum absolute atomic E-state index is 0.849. The maximum atomic E-state index is 6.59. The molecule has 0 aliphatic carbocycles. The van der Waals surface area contributed by atoms with Gasteiger partial charge >= 0.3 is 0 Å². The molecule has 0 saturated heterocycles. The lowest BCUT2D eigenvalue weighted by atomic mass is 9.98. The predicted octanol–water partition coefficient (Wildman–Crippen LogP) is 13.8. The van der Waals surface area contributed by atoms with E-state index in [1.54, 1.807) is 11.3 Å². The van der Waals surface area contributed by atoms with Gasteiger partial charge in [0, 0.05) is 28.4 Å². The third kappa shape index (κ3) is 5.16. The fourth-order valence-corrected chi connectivity index (χ4v) is 8.23. The Morgan fingerprint density at radius 2 is 1.10 bits per heavy atom. The van der Waals surface area contributed by atoms with Crippen LogP contribution in [0.2, 0.25) is 0 Å². The van der Waals surface area contributed by atoms with Crippen LogP contribution < -0.4 is 4.90 Å². The Morgan fingerprint density at radius 3 is 1.86 bits per heavy atom. The van der Waals surface area contributed by atoms with Crippen LogP contribution in [0, 0.1) is 0 Å². The molecule has 4 heteroatoms. The average molecular weight is 671 g/mol. The van der Waals surface area contributed by atoms with Gasteiger partial charge in [-0.25, -0.2) is 4.98 Å². The molecular formula is C47H30N2OS. The van der Waals surface area contributed by atoms with Crippen molar-refractivity contribution in [3.05, 3.63) is 182 Å². The second kappa shape index (κ2) is 12.1. The number of rotatable bonds is 6. The highest BCUT2D eigenvalue weighted by atomic mass is 32.1. The molecule has 51 heavy (non-hydrogen) atoms. The van der Waals surface area contributed by atoms with E-state index in [-0.39, 0.29) is 0 Å². The van der Waals surface area contributed by atoms with E-state index >= 15 is 0 Å². The Labute approximate surface area is 299 Å². The summed E-state index contributed by atoms with van der Waals surface area (Å²) in [6.45, 7) is 0. The normalized spacial score (nSPS) is 11.5. The van der Waals surface area contributed by atoms with E-state index in [1.165, 1.54) is 33.0 Å². The quantitative estimate of drug-likeness (QED) is 0.176. The van der Waals surface area contributed by atoms with Gasteiger partial charge < -0.3 is 9.32 Å². The second-order valence-corrected chi connectivity index (χ2v) is 13.8. The first-order chi connectivity index (χ1) is 25.3. The molecule has 3 nitrogen and oxygen atoms in total. The number of nitrogens with zero attached hydrogens (tertiary/aromatic N) is 2. The molecule has 0 unspecified atom stereocenters. The van der Waals surface area contributed by atoms with Crippen molar-refractivity contribution in [2.75, 3.05) is 4.90 Å². The zero-order valence-corrected chi connectivity index (χ0v) is 28.3. The number of hydrogen-bond acceptors (Lipinski definition) is 4. The zero-order chi connectivity index (χ0) is 33.7. The summed E-state index contributed by atoms with van der Waals surface area (Å²) in [7, 11) is 0. The largest absolute Gasteiger partial charge is 0.456 e. The molecule has 10 aromatic rings. The molecule has 2 heterocycles. The molecule has 0 spiro atoms. The van der Waals surface area contributed by atoms with Crippen molar-refractivity contribution < 1.29 is 4.42 Å². The van der Waals surface area contributed by atoms with Crippen molar-refractivity contribution in [3.8, 4) is 32.8 Å². The fraction of sp³-hybridized carbons (Fsp3) is 0. The van der Waals surface area contributed by atoms with Gasteiger partial charge in [-0.3, -0.25) is 0 Å². The van der Waals surface area contributed by atoms with Crippen LogP contribution in [0.15, 0.2) is 186 Å². The van der Waals surface area contributed by atoms with E-state index in [0.717, 1.165) is 59.8 Å². The van der Waals surface area contributed by atoms with Crippen LogP contribution in [-0.4, -0.2) is 4.98 Å². The summed E-state index contributed by atoms with van der Waals surface area (Å²) in [5.41, 5.74) is 11.8. The first-order valence-electron chi connectivity index (χ1n) is 17.1. The van der Waals surface area contributed by atoms with Crippen molar-refractivity contribution in [3.63, 3.8) is 0 Å². The molecule has 0 fully saturated rings. The molecule has 10 rings (SSSR count). The van der Waals surface area contributed by atoms with Gasteiger partial charge in [-0.2, -0.15) is 0 Å². The summed E-state index contributed by atoms with van der Waals surface area (Å²) in [6, 6.07) is 64.5. The molecule has 8 aromatic carbocycles. The standard InChI is InChI=1S/C47H30N2OS/c1-3-11-31(12-4-1)32-21-25-36(26-22-32)49(37-27-23-34(24-28-37)39-18-9-16-33-13-7-8-17-38(33)39)42-19-10-20-43-46(42)40-29-41-45(30-44(40)50-43)51-47(48-41)35-14-5-2-6-15-35/h1-30H. The summed E-state index contributed by atoms with van der Waals surface area (Å²) in [5.74, 6) is 0. The van der Waals surface area contributed by atoms with Crippen LogP contribution in [-0.2, 0) is 0 Å². The van der Waals surface area contributed by atoms with E-state index < -0.39 is 0 Å². The first kappa shape index (κ1) is 29.4. The minimum atomic E-state index is 0.849. The van der Waals surface area contributed by atoms with Gasteiger partial charge in [0.25, 0.3) is 0 Å². The van der Waals surface area contributed by atoms with E-state index in [2.05, 4.69) is 181 Å². The average Bonchev–Trinajstić information content (AvgIpc) is 3.79. The Hall–Kier alpha value is -6.49. The third-order valence-electron chi connectivity index (χ3n) is 9.70. The zero-order valence-electron chi connectivity index (χ0n) is 27.5. The Balaban J connectivity index is 1.14. The van der Waals surface area contributed by atoms with E-state index in [0.29, 0.717) is 0 Å². The molecule has 2 aromatic heterocycles. The van der Waals surface area contributed by atoms with Gasteiger partial charge in [0.05, 0.1) is 21.3 Å². The summed E-state index contributed by atoms with van der Waals surface area (Å²) in [6.07, 6.45) is 0. The van der Waals surface area contributed by atoms with Gasteiger partial charge in [-0.05, 0) is 75.5 Å². The van der Waals surface area contributed by atoms with Crippen molar-refractivity contribution >= 4 is 71.3 Å². The van der Waals surface area contributed by atoms with Gasteiger partial charge in [0.15, 0.2) is 0 Å². The predicted molar refractivity (Wildman–Crippen MR) is 215 cm³/mol. The summed E-state index contributed by atoms with van der Waals surface area (Å²) >= 11 is 1.70. The molecule has 0 amide bonds. The smallest absolute Gasteiger partial charge is 0.137 e. The fourth-order valence-electron chi connectivity index (χ4n) is 7.25. The van der Waals surface area contributed by atoms with Crippen molar-refractivity contribution in [1.82, 2.24) is 4.98 Å². The van der Waals surface area contributed by atoms with E-state index in [9.17, 15) is 0 Å². The number of benzene rings is 8. The lowest BCUT2D eigenvalue weighted by molar-refractivity contribution is 0.669. The highest BCUT2D eigenvalue weighted by Gasteiger charge is 2.21. The van der Waals surface area contributed by atoms with E-state index in [1.807, 2.05) is 6.07 Å².